The maximum atomic E-state index is 12.7. The van der Waals surface area contributed by atoms with Gasteiger partial charge >= 0.3 is 18.8 Å². The van der Waals surface area contributed by atoms with Gasteiger partial charge in [0, 0.05) is 0 Å². The first-order valence-electron chi connectivity index (χ1n) is 5.48. The smallest absolute Gasteiger partial charge is 0.416 e. The van der Waals surface area contributed by atoms with Gasteiger partial charge in [-0.15, -0.1) is 0 Å². The van der Waals surface area contributed by atoms with Gasteiger partial charge in [0.15, 0.2) is 5.75 Å². The maximum absolute atomic E-state index is 12.7. The lowest BCUT2D eigenvalue weighted by Gasteiger charge is -2.14. The summed E-state index contributed by atoms with van der Waals surface area (Å²) in [7, 11) is 0. The number of nitriles is 1. The molecule has 0 aliphatic heterocycles. The second kappa shape index (κ2) is 6.39. The predicted octanol–water partition coefficient (Wildman–Crippen LogP) is 3.36. The van der Waals surface area contributed by atoms with Gasteiger partial charge in [-0.05, 0) is 19.1 Å². The molecule has 4 nitrogen and oxygen atoms in total. The van der Waals surface area contributed by atoms with E-state index >= 15 is 0 Å². The third kappa shape index (κ3) is 4.05. The first-order chi connectivity index (χ1) is 9.70. The lowest BCUT2D eigenvalue weighted by molar-refractivity contribution is -0.137. The highest BCUT2D eigenvalue weighted by molar-refractivity contribution is 5.93. The summed E-state index contributed by atoms with van der Waals surface area (Å²) in [5.41, 5.74) is -3.07. The minimum atomic E-state index is -4.86. The van der Waals surface area contributed by atoms with E-state index in [2.05, 4.69) is 9.47 Å². The number of ether oxygens (including phenoxy) is 2. The molecule has 0 heterocycles. The number of carbonyl (C=O) groups excluding carboxylic acids is 1. The number of hydrogen-bond donors (Lipinski definition) is 0. The number of benzene rings is 1. The van der Waals surface area contributed by atoms with Crippen LogP contribution in [0.3, 0.4) is 0 Å². The van der Waals surface area contributed by atoms with Crippen molar-refractivity contribution in [2.24, 2.45) is 0 Å². The van der Waals surface area contributed by atoms with E-state index in [1.54, 1.807) is 0 Å². The van der Waals surface area contributed by atoms with E-state index in [4.69, 9.17) is 5.26 Å². The Bertz CT molecular complexity index is 577. The Morgan fingerprint density at radius 2 is 2.00 bits per heavy atom. The van der Waals surface area contributed by atoms with Crippen molar-refractivity contribution < 1.29 is 36.2 Å². The summed E-state index contributed by atoms with van der Waals surface area (Å²) >= 11 is 0. The summed E-state index contributed by atoms with van der Waals surface area (Å²) in [5.74, 6) is -2.24. The van der Waals surface area contributed by atoms with Crippen LogP contribution in [0, 0.1) is 11.3 Å². The van der Waals surface area contributed by atoms with E-state index < -0.39 is 41.2 Å². The summed E-state index contributed by atoms with van der Waals surface area (Å²) < 4.78 is 71.1. The van der Waals surface area contributed by atoms with Crippen LogP contribution in [0.1, 0.15) is 28.4 Å². The zero-order chi connectivity index (χ0) is 16.2. The van der Waals surface area contributed by atoms with Crippen molar-refractivity contribution in [1.29, 1.82) is 5.26 Å². The molecule has 0 radical (unpaired) electrons. The third-order valence-electron chi connectivity index (χ3n) is 2.24. The van der Waals surface area contributed by atoms with E-state index in [1.165, 1.54) is 13.0 Å². The van der Waals surface area contributed by atoms with Gasteiger partial charge in [-0.1, -0.05) is 0 Å². The number of esters is 1. The summed E-state index contributed by atoms with van der Waals surface area (Å²) in [5, 5.41) is 8.76. The van der Waals surface area contributed by atoms with E-state index in [1.807, 2.05) is 0 Å². The van der Waals surface area contributed by atoms with E-state index in [-0.39, 0.29) is 6.61 Å². The molecule has 0 amide bonds. The molecule has 0 fully saturated rings. The molecule has 0 aliphatic carbocycles. The van der Waals surface area contributed by atoms with Gasteiger partial charge < -0.3 is 9.47 Å². The highest BCUT2D eigenvalue weighted by Gasteiger charge is 2.34. The lowest BCUT2D eigenvalue weighted by Crippen LogP contribution is -2.15. The minimum absolute atomic E-state index is 0.189. The van der Waals surface area contributed by atoms with Crippen LogP contribution < -0.4 is 4.74 Å². The zero-order valence-corrected chi connectivity index (χ0v) is 10.5. The molecule has 0 aromatic heterocycles. The van der Waals surface area contributed by atoms with Crippen LogP contribution in [0.25, 0.3) is 0 Å². The number of hydrogen-bond acceptors (Lipinski definition) is 4. The van der Waals surface area contributed by atoms with Crippen LogP contribution in [0.15, 0.2) is 12.1 Å². The van der Waals surface area contributed by atoms with Gasteiger partial charge in [0.05, 0.1) is 17.7 Å². The molecule has 0 saturated heterocycles. The van der Waals surface area contributed by atoms with Gasteiger partial charge in [-0.3, -0.25) is 0 Å². The Morgan fingerprint density at radius 1 is 1.38 bits per heavy atom. The molecule has 0 atom stereocenters. The van der Waals surface area contributed by atoms with Crippen LogP contribution in [-0.4, -0.2) is 19.2 Å². The average molecular weight is 309 g/mol. The number of rotatable bonds is 4. The van der Waals surface area contributed by atoms with Crippen LogP contribution in [0.5, 0.6) is 5.75 Å². The molecule has 0 aliphatic rings. The van der Waals surface area contributed by atoms with Crippen molar-refractivity contribution in [3.05, 3.63) is 28.8 Å². The zero-order valence-electron chi connectivity index (χ0n) is 10.5. The fraction of sp³-hybridized carbons (Fsp3) is 0.333. The Balaban J connectivity index is 3.53. The number of halogens is 5. The van der Waals surface area contributed by atoms with Crippen molar-refractivity contribution in [1.82, 2.24) is 0 Å². The normalized spacial score (nSPS) is 11.1. The van der Waals surface area contributed by atoms with Crippen molar-refractivity contribution in [2.45, 2.75) is 19.7 Å². The van der Waals surface area contributed by atoms with Gasteiger partial charge in [-0.25, -0.2) is 4.79 Å². The van der Waals surface area contributed by atoms with Crippen LogP contribution >= 0.6 is 0 Å². The molecule has 0 unspecified atom stereocenters. The Morgan fingerprint density at radius 3 is 2.43 bits per heavy atom. The maximum Gasteiger partial charge on any atom is 0.416 e. The highest BCUT2D eigenvalue weighted by atomic mass is 19.4. The van der Waals surface area contributed by atoms with Crippen molar-refractivity contribution in [2.75, 3.05) is 6.61 Å². The number of carbonyl (C=O) groups is 1. The molecular formula is C12H8F5NO3. The molecule has 0 saturated carbocycles. The number of alkyl halides is 5. The standard InChI is InChI=1S/C12H8F5NO3/c1-2-20-10(19)8-4-7(12(15,16)17)3-6(5-18)9(8)21-11(13)14/h3-4,11H,2H2,1H3. The third-order valence-corrected chi connectivity index (χ3v) is 2.24. The number of nitrogens with zero attached hydrogens (tertiary/aromatic N) is 1. The van der Waals surface area contributed by atoms with Gasteiger partial charge in [0.25, 0.3) is 0 Å². The van der Waals surface area contributed by atoms with E-state index in [9.17, 15) is 26.7 Å². The van der Waals surface area contributed by atoms with Crippen molar-refractivity contribution >= 4 is 5.97 Å². The highest BCUT2D eigenvalue weighted by Crippen LogP contribution is 2.36. The Kier molecular flexibility index (Phi) is 5.07. The van der Waals surface area contributed by atoms with Gasteiger partial charge in [0.2, 0.25) is 0 Å². The molecule has 0 bridgehead atoms. The van der Waals surface area contributed by atoms with Crippen molar-refractivity contribution in [3.8, 4) is 11.8 Å². The minimum Gasteiger partial charge on any atom is -0.462 e. The molecule has 1 aromatic rings. The molecular weight excluding hydrogens is 301 g/mol. The summed E-state index contributed by atoms with van der Waals surface area (Å²) in [6, 6.07) is 1.91. The molecule has 1 rings (SSSR count). The van der Waals surface area contributed by atoms with E-state index in [0.29, 0.717) is 12.1 Å². The summed E-state index contributed by atoms with van der Waals surface area (Å²) in [6.07, 6.45) is -4.86. The quantitative estimate of drug-likeness (QED) is 0.632. The first kappa shape index (κ1) is 16.7. The second-order valence-corrected chi connectivity index (χ2v) is 3.61. The first-order valence-corrected chi connectivity index (χ1v) is 5.48. The molecule has 0 N–H and O–H groups in total. The fourth-order valence-electron chi connectivity index (χ4n) is 1.45. The molecule has 1 aromatic carbocycles. The monoisotopic (exact) mass is 309 g/mol. The fourth-order valence-corrected chi connectivity index (χ4v) is 1.45. The summed E-state index contributed by atoms with van der Waals surface area (Å²) in [6.45, 7) is -2.22. The topological polar surface area (TPSA) is 59.3 Å². The molecule has 21 heavy (non-hydrogen) atoms. The lowest BCUT2D eigenvalue weighted by atomic mass is 10.0. The molecule has 9 heteroatoms. The predicted molar refractivity (Wildman–Crippen MR) is 58.7 cm³/mol. The van der Waals surface area contributed by atoms with Crippen LogP contribution in [-0.2, 0) is 10.9 Å². The van der Waals surface area contributed by atoms with Gasteiger partial charge in [0.1, 0.15) is 11.6 Å². The average Bonchev–Trinajstić information content (AvgIpc) is 2.37. The van der Waals surface area contributed by atoms with Gasteiger partial charge in [-0.2, -0.15) is 27.2 Å². The van der Waals surface area contributed by atoms with E-state index in [0.717, 1.165) is 0 Å². The second-order valence-electron chi connectivity index (χ2n) is 3.61. The Labute approximate surface area is 115 Å². The molecule has 114 valence electrons. The Hall–Kier alpha value is -2.37. The summed E-state index contributed by atoms with van der Waals surface area (Å²) in [4.78, 5) is 11.6. The SMILES string of the molecule is CCOC(=O)c1cc(C(F)(F)F)cc(C#N)c1OC(F)F. The van der Waals surface area contributed by atoms with Crippen LogP contribution in [0.4, 0.5) is 22.0 Å². The largest absolute Gasteiger partial charge is 0.462 e. The van der Waals surface area contributed by atoms with Crippen LogP contribution in [0.2, 0.25) is 0 Å². The van der Waals surface area contributed by atoms with Crippen molar-refractivity contribution in [3.63, 3.8) is 0 Å². The molecule has 0 spiro atoms.